The van der Waals surface area contributed by atoms with Crippen molar-refractivity contribution in [3.63, 3.8) is 0 Å². The maximum Gasteiger partial charge on any atom is 0.145 e. The average molecular weight is 318 g/mol. The summed E-state index contributed by atoms with van der Waals surface area (Å²) in [6.07, 6.45) is 1.99. The van der Waals surface area contributed by atoms with Crippen molar-refractivity contribution in [2.45, 2.75) is 32.7 Å². The van der Waals surface area contributed by atoms with Crippen molar-refractivity contribution in [3.05, 3.63) is 33.8 Å². The molecule has 0 aromatic heterocycles. The third kappa shape index (κ3) is 2.75. The third-order valence-electron chi connectivity index (χ3n) is 3.60. The molecule has 1 aromatic carbocycles. The average Bonchev–Trinajstić information content (AvgIpc) is 3.05. The molecule has 0 saturated heterocycles. The van der Waals surface area contributed by atoms with E-state index >= 15 is 0 Å². The second-order valence-electron chi connectivity index (χ2n) is 5.07. The van der Waals surface area contributed by atoms with Crippen LogP contribution in [0.2, 0.25) is 0 Å². The summed E-state index contributed by atoms with van der Waals surface area (Å²) in [6, 6.07) is 2.54. The maximum atomic E-state index is 14.1. The number of hydrogen-bond acceptors (Lipinski definition) is 1. The van der Waals surface area contributed by atoms with E-state index in [4.69, 9.17) is 0 Å². The predicted octanol–water partition coefficient (Wildman–Crippen LogP) is 4.42. The summed E-state index contributed by atoms with van der Waals surface area (Å²) >= 11 is 3.13. The molecule has 1 aliphatic rings. The van der Waals surface area contributed by atoms with E-state index in [0.29, 0.717) is 16.3 Å². The van der Waals surface area contributed by atoms with Gasteiger partial charge in [-0.2, -0.15) is 0 Å². The highest BCUT2D eigenvalue weighted by atomic mass is 79.9. The van der Waals surface area contributed by atoms with Crippen molar-refractivity contribution >= 4 is 15.9 Å². The lowest BCUT2D eigenvalue weighted by atomic mass is 9.99. The van der Waals surface area contributed by atoms with Gasteiger partial charge in [-0.15, -0.1) is 0 Å². The Balaban J connectivity index is 2.32. The van der Waals surface area contributed by atoms with E-state index in [1.54, 1.807) is 0 Å². The van der Waals surface area contributed by atoms with Gasteiger partial charge in [0.1, 0.15) is 11.6 Å². The Bertz CT molecular complexity index is 436. The van der Waals surface area contributed by atoms with Gasteiger partial charge in [-0.3, -0.25) is 0 Å². The zero-order valence-electron chi connectivity index (χ0n) is 10.6. The lowest BCUT2D eigenvalue weighted by Crippen LogP contribution is -2.26. The molecule has 1 aliphatic carbocycles. The fraction of sp³-hybridized carbons (Fsp3) is 0.571. The molecule has 1 aromatic rings. The van der Waals surface area contributed by atoms with Crippen molar-refractivity contribution in [1.82, 2.24) is 5.32 Å². The van der Waals surface area contributed by atoms with Gasteiger partial charge in [0.25, 0.3) is 0 Å². The lowest BCUT2D eigenvalue weighted by Gasteiger charge is -2.20. The van der Waals surface area contributed by atoms with Gasteiger partial charge in [-0.1, -0.05) is 13.8 Å². The summed E-state index contributed by atoms with van der Waals surface area (Å²) in [4.78, 5) is 0. The van der Waals surface area contributed by atoms with Crippen molar-refractivity contribution in [2.75, 3.05) is 6.54 Å². The highest BCUT2D eigenvalue weighted by Crippen LogP contribution is 2.48. The Hall–Kier alpha value is -0.480. The lowest BCUT2D eigenvalue weighted by molar-refractivity contribution is 0.418. The molecule has 1 saturated carbocycles. The van der Waals surface area contributed by atoms with Gasteiger partial charge in [0.05, 0.1) is 4.47 Å². The van der Waals surface area contributed by atoms with Crippen molar-refractivity contribution in [3.8, 4) is 0 Å². The molecular formula is C14H18BrF2N. The Labute approximate surface area is 115 Å². The van der Waals surface area contributed by atoms with Crippen LogP contribution in [0.15, 0.2) is 16.6 Å². The Morgan fingerprint density at radius 1 is 1.44 bits per heavy atom. The molecule has 1 N–H and O–H groups in total. The molecule has 3 atom stereocenters. The molecule has 0 heterocycles. The minimum Gasteiger partial charge on any atom is -0.310 e. The highest BCUT2D eigenvalue weighted by molar-refractivity contribution is 9.10. The van der Waals surface area contributed by atoms with E-state index in [9.17, 15) is 8.78 Å². The standard InChI is InChI=1S/C14H18BrF2N/c1-3-6-18-14(9-7-8(9)2)12-11(16)5-4-10(15)13(12)17/h4-5,8-9,14,18H,3,6-7H2,1-2H3. The quantitative estimate of drug-likeness (QED) is 0.792. The molecule has 0 spiro atoms. The molecule has 3 unspecified atom stereocenters. The van der Waals surface area contributed by atoms with Crippen LogP contribution >= 0.6 is 15.9 Å². The first-order valence-corrected chi connectivity index (χ1v) is 7.22. The smallest absolute Gasteiger partial charge is 0.145 e. The highest BCUT2D eigenvalue weighted by Gasteiger charge is 2.42. The van der Waals surface area contributed by atoms with Gasteiger partial charge in [0.2, 0.25) is 0 Å². The van der Waals surface area contributed by atoms with Crippen molar-refractivity contribution < 1.29 is 8.78 Å². The van der Waals surface area contributed by atoms with Gasteiger partial charge < -0.3 is 5.32 Å². The number of hydrogen-bond donors (Lipinski definition) is 1. The monoisotopic (exact) mass is 317 g/mol. The Morgan fingerprint density at radius 2 is 2.11 bits per heavy atom. The van der Waals surface area contributed by atoms with Crippen LogP contribution in [0, 0.1) is 23.5 Å². The summed E-state index contributed by atoms with van der Waals surface area (Å²) in [6.45, 7) is 4.95. The summed E-state index contributed by atoms with van der Waals surface area (Å²) in [5, 5.41) is 3.29. The fourth-order valence-corrected chi connectivity index (χ4v) is 2.76. The second-order valence-corrected chi connectivity index (χ2v) is 5.92. The van der Waals surface area contributed by atoms with Crippen LogP contribution in [-0.4, -0.2) is 6.54 Å². The van der Waals surface area contributed by atoms with Crippen molar-refractivity contribution in [2.24, 2.45) is 11.8 Å². The van der Waals surface area contributed by atoms with Crippen LogP contribution in [0.4, 0.5) is 8.78 Å². The largest absolute Gasteiger partial charge is 0.310 e. The minimum atomic E-state index is -0.470. The van der Waals surface area contributed by atoms with Gasteiger partial charge in [0.15, 0.2) is 0 Å². The number of nitrogens with one attached hydrogen (secondary N) is 1. The topological polar surface area (TPSA) is 12.0 Å². The Morgan fingerprint density at radius 3 is 2.67 bits per heavy atom. The third-order valence-corrected chi connectivity index (χ3v) is 4.22. The second kappa shape index (κ2) is 5.66. The van der Waals surface area contributed by atoms with E-state index in [2.05, 4.69) is 28.2 Å². The molecule has 0 radical (unpaired) electrons. The molecule has 100 valence electrons. The van der Waals surface area contributed by atoms with E-state index in [1.807, 2.05) is 6.92 Å². The summed E-state index contributed by atoms with van der Waals surface area (Å²) in [7, 11) is 0. The zero-order valence-corrected chi connectivity index (χ0v) is 12.2. The van der Waals surface area contributed by atoms with Crippen LogP contribution in [0.1, 0.15) is 38.3 Å². The molecule has 4 heteroatoms. The minimum absolute atomic E-state index is 0.187. The van der Waals surface area contributed by atoms with Gasteiger partial charge >= 0.3 is 0 Å². The first-order chi connectivity index (χ1) is 8.56. The van der Waals surface area contributed by atoms with Crippen LogP contribution in [0.3, 0.4) is 0 Å². The number of halogens is 3. The fourth-order valence-electron chi connectivity index (χ4n) is 2.41. The van der Waals surface area contributed by atoms with E-state index in [-0.39, 0.29) is 11.6 Å². The number of rotatable bonds is 5. The Kier molecular flexibility index (Phi) is 4.38. The summed E-state index contributed by atoms with van der Waals surface area (Å²) in [5.41, 5.74) is 0.187. The zero-order chi connectivity index (χ0) is 13.3. The first kappa shape index (κ1) is 13.9. The van der Waals surface area contributed by atoms with Gasteiger partial charge in [-0.25, -0.2) is 8.78 Å². The van der Waals surface area contributed by atoms with E-state index in [0.717, 1.165) is 19.4 Å². The predicted molar refractivity (Wildman–Crippen MR) is 72.4 cm³/mol. The van der Waals surface area contributed by atoms with E-state index in [1.165, 1.54) is 12.1 Å². The SMILES string of the molecule is CCCNC(c1c(F)ccc(Br)c1F)C1CC1C. The van der Waals surface area contributed by atoms with Crippen LogP contribution in [-0.2, 0) is 0 Å². The van der Waals surface area contributed by atoms with Crippen LogP contribution < -0.4 is 5.32 Å². The van der Waals surface area contributed by atoms with Crippen LogP contribution in [0.5, 0.6) is 0 Å². The van der Waals surface area contributed by atoms with Crippen molar-refractivity contribution in [1.29, 1.82) is 0 Å². The number of benzene rings is 1. The molecule has 1 fully saturated rings. The molecule has 2 rings (SSSR count). The summed E-state index contributed by atoms with van der Waals surface area (Å²) in [5.74, 6) is -0.0434. The van der Waals surface area contributed by atoms with E-state index < -0.39 is 11.6 Å². The molecule has 0 amide bonds. The van der Waals surface area contributed by atoms with Crippen LogP contribution in [0.25, 0.3) is 0 Å². The van der Waals surface area contributed by atoms with Gasteiger partial charge in [0, 0.05) is 11.6 Å². The summed E-state index contributed by atoms with van der Waals surface area (Å²) < 4.78 is 28.4. The molecule has 1 nitrogen and oxygen atoms in total. The molecular weight excluding hydrogens is 300 g/mol. The molecule has 18 heavy (non-hydrogen) atoms. The maximum absolute atomic E-state index is 14.1. The normalized spacial score (nSPS) is 24.1. The molecule has 0 aliphatic heterocycles. The van der Waals surface area contributed by atoms with Gasteiger partial charge in [-0.05, 0) is 59.3 Å². The first-order valence-electron chi connectivity index (χ1n) is 6.43. The molecule has 0 bridgehead atoms.